The molecule has 0 saturated carbocycles. The average molecular weight is 223 g/mol. The largest absolute Gasteiger partial charge is 0.478 e. The van der Waals surface area contributed by atoms with Gasteiger partial charge in [0, 0.05) is 11.8 Å². The Bertz CT molecular complexity index is 532. The van der Waals surface area contributed by atoms with Crippen molar-refractivity contribution in [3.63, 3.8) is 0 Å². The van der Waals surface area contributed by atoms with Crippen LogP contribution in [0.4, 0.5) is 0 Å². The van der Waals surface area contributed by atoms with Gasteiger partial charge in [0.25, 0.3) is 5.56 Å². The minimum atomic E-state index is -1.72. The molecule has 0 saturated heterocycles. The number of esters is 1. The molecule has 1 atom stereocenters. The Morgan fingerprint density at radius 3 is 2.81 bits per heavy atom. The summed E-state index contributed by atoms with van der Waals surface area (Å²) in [6, 6.07) is 1.39. The van der Waals surface area contributed by atoms with Crippen LogP contribution >= 0.6 is 0 Å². The second-order valence-corrected chi connectivity index (χ2v) is 3.47. The van der Waals surface area contributed by atoms with E-state index in [1.54, 1.807) is 6.92 Å². The van der Waals surface area contributed by atoms with E-state index in [0.29, 0.717) is 0 Å². The van der Waals surface area contributed by atoms with Crippen LogP contribution in [0.15, 0.2) is 17.1 Å². The molecule has 6 heteroatoms. The Hall–Kier alpha value is -2.11. The third kappa shape index (κ3) is 1.09. The lowest BCUT2D eigenvalue weighted by Gasteiger charge is -2.21. The molecule has 0 spiro atoms. The molecule has 1 aliphatic heterocycles. The summed E-state index contributed by atoms with van der Waals surface area (Å²) in [7, 11) is 0. The third-order valence-electron chi connectivity index (χ3n) is 2.71. The molecule has 2 N–H and O–H groups in total. The fourth-order valence-corrected chi connectivity index (χ4v) is 1.85. The van der Waals surface area contributed by atoms with E-state index in [9.17, 15) is 14.4 Å². The topological polar surface area (TPSA) is 96.5 Å². The molecule has 0 bridgehead atoms. The lowest BCUT2D eigenvalue weighted by atomic mass is 9.91. The number of carboxylic acids is 1. The van der Waals surface area contributed by atoms with Gasteiger partial charge in [-0.25, -0.2) is 9.59 Å². The molecule has 6 nitrogen and oxygen atoms in total. The highest BCUT2D eigenvalue weighted by molar-refractivity contribution is 6.00. The number of ether oxygens (including phenoxy) is 1. The molecule has 0 radical (unpaired) electrons. The minimum absolute atomic E-state index is 0.0739. The Balaban J connectivity index is 2.77. The number of carbonyl (C=O) groups is 2. The van der Waals surface area contributed by atoms with Gasteiger partial charge < -0.3 is 14.8 Å². The number of aromatic nitrogens is 1. The number of H-pyrrole nitrogens is 1. The summed E-state index contributed by atoms with van der Waals surface area (Å²) in [6.45, 7) is 1.58. The molecule has 1 aromatic rings. The van der Waals surface area contributed by atoms with Gasteiger partial charge >= 0.3 is 11.9 Å². The number of aliphatic carboxylic acids is 1. The van der Waals surface area contributed by atoms with Gasteiger partial charge in [0.2, 0.25) is 5.60 Å². The lowest BCUT2D eigenvalue weighted by molar-refractivity contribution is -0.159. The van der Waals surface area contributed by atoms with Crippen molar-refractivity contribution in [3.05, 3.63) is 33.7 Å². The Labute approximate surface area is 89.9 Å². The first-order valence-electron chi connectivity index (χ1n) is 4.72. The Morgan fingerprint density at radius 1 is 1.56 bits per heavy atom. The van der Waals surface area contributed by atoms with Crippen LogP contribution in [0, 0.1) is 0 Å². The third-order valence-corrected chi connectivity index (χ3v) is 2.71. The van der Waals surface area contributed by atoms with Crippen molar-refractivity contribution in [2.24, 2.45) is 0 Å². The maximum atomic E-state index is 11.5. The van der Waals surface area contributed by atoms with E-state index in [-0.39, 0.29) is 17.5 Å². The summed E-state index contributed by atoms with van der Waals surface area (Å²) in [4.78, 5) is 36.4. The summed E-state index contributed by atoms with van der Waals surface area (Å²) in [5.74, 6) is -2.16. The number of fused-ring (bicyclic) bond motifs is 1. The monoisotopic (exact) mass is 223 g/mol. The van der Waals surface area contributed by atoms with Crippen LogP contribution in [0.3, 0.4) is 0 Å². The zero-order valence-corrected chi connectivity index (χ0v) is 8.44. The van der Waals surface area contributed by atoms with Crippen molar-refractivity contribution < 1.29 is 19.4 Å². The summed E-state index contributed by atoms with van der Waals surface area (Å²) >= 11 is 0. The van der Waals surface area contributed by atoms with Crippen LogP contribution < -0.4 is 5.56 Å². The van der Waals surface area contributed by atoms with Gasteiger partial charge in [0.15, 0.2) is 0 Å². The number of hydrogen-bond acceptors (Lipinski definition) is 4. The van der Waals surface area contributed by atoms with Crippen LogP contribution in [-0.4, -0.2) is 22.0 Å². The van der Waals surface area contributed by atoms with Crippen molar-refractivity contribution in [3.8, 4) is 0 Å². The molecule has 0 fully saturated rings. The SMILES string of the molecule is CC[C@]1(C(=O)O)OC(=O)c2c1cc[nH]c2=O. The summed E-state index contributed by atoms with van der Waals surface area (Å²) in [5.41, 5.74) is -2.44. The van der Waals surface area contributed by atoms with Crippen LogP contribution in [0.5, 0.6) is 0 Å². The van der Waals surface area contributed by atoms with Gasteiger partial charge in [-0.1, -0.05) is 6.92 Å². The summed E-state index contributed by atoms with van der Waals surface area (Å²) < 4.78 is 4.85. The molecule has 0 unspecified atom stereocenters. The predicted molar refractivity (Wildman–Crippen MR) is 52.1 cm³/mol. The number of pyridine rings is 1. The number of aromatic amines is 1. The summed E-state index contributed by atoms with van der Waals surface area (Å²) in [6.07, 6.45) is 1.38. The normalized spacial score (nSPS) is 22.7. The zero-order chi connectivity index (χ0) is 11.9. The van der Waals surface area contributed by atoms with Crippen LogP contribution in [0.25, 0.3) is 0 Å². The first kappa shape index (κ1) is 10.4. The maximum Gasteiger partial charge on any atom is 0.353 e. The van der Waals surface area contributed by atoms with Crippen molar-refractivity contribution in [1.82, 2.24) is 4.98 Å². The maximum absolute atomic E-state index is 11.5. The highest BCUT2D eigenvalue weighted by Crippen LogP contribution is 2.37. The van der Waals surface area contributed by atoms with E-state index in [1.807, 2.05) is 0 Å². The minimum Gasteiger partial charge on any atom is -0.478 e. The number of hydrogen-bond donors (Lipinski definition) is 2. The van der Waals surface area contributed by atoms with E-state index in [2.05, 4.69) is 4.98 Å². The number of nitrogens with one attached hydrogen (secondary N) is 1. The van der Waals surface area contributed by atoms with E-state index in [4.69, 9.17) is 9.84 Å². The van der Waals surface area contributed by atoms with Gasteiger partial charge in [-0.15, -0.1) is 0 Å². The van der Waals surface area contributed by atoms with Gasteiger partial charge in [0.1, 0.15) is 5.56 Å². The second kappa shape index (κ2) is 3.19. The Morgan fingerprint density at radius 2 is 2.25 bits per heavy atom. The van der Waals surface area contributed by atoms with Gasteiger partial charge in [-0.2, -0.15) is 0 Å². The van der Waals surface area contributed by atoms with Gasteiger partial charge in [-0.3, -0.25) is 4.79 Å². The number of rotatable bonds is 2. The van der Waals surface area contributed by atoms with E-state index in [0.717, 1.165) is 0 Å². The molecular weight excluding hydrogens is 214 g/mol. The quantitative estimate of drug-likeness (QED) is 0.700. The average Bonchev–Trinajstić information content (AvgIpc) is 2.54. The van der Waals surface area contributed by atoms with E-state index in [1.165, 1.54) is 12.3 Å². The van der Waals surface area contributed by atoms with E-state index >= 15 is 0 Å². The van der Waals surface area contributed by atoms with E-state index < -0.39 is 23.1 Å². The number of cyclic esters (lactones) is 1. The Kier molecular flexibility index (Phi) is 2.08. The smallest absolute Gasteiger partial charge is 0.353 e. The van der Waals surface area contributed by atoms with Crippen molar-refractivity contribution in [2.45, 2.75) is 18.9 Å². The highest BCUT2D eigenvalue weighted by atomic mass is 16.6. The number of carbonyl (C=O) groups excluding carboxylic acids is 1. The molecule has 1 aliphatic rings. The van der Waals surface area contributed by atoms with Crippen LogP contribution in [0.1, 0.15) is 29.3 Å². The van der Waals surface area contributed by atoms with Crippen molar-refractivity contribution in [1.29, 1.82) is 0 Å². The van der Waals surface area contributed by atoms with Gasteiger partial charge in [0.05, 0.1) is 0 Å². The fourth-order valence-electron chi connectivity index (χ4n) is 1.85. The molecule has 0 aliphatic carbocycles. The summed E-state index contributed by atoms with van der Waals surface area (Å²) in [5, 5.41) is 9.13. The first-order chi connectivity index (χ1) is 7.53. The standard InChI is InChI=1S/C10H9NO5/c1-2-10(9(14)15)5-3-4-11-7(12)6(5)8(13)16-10/h3-4H,2H2,1H3,(H,11,12)(H,14,15)/t10-/m0/s1. The highest BCUT2D eigenvalue weighted by Gasteiger charge is 2.51. The molecule has 1 aromatic heterocycles. The molecule has 16 heavy (non-hydrogen) atoms. The fraction of sp³-hybridized carbons (Fsp3) is 0.300. The van der Waals surface area contributed by atoms with Crippen molar-refractivity contribution in [2.75, 3.05) is 0 Å². The van der Waals surface area contributed by atoms with Crippen LogP contribution in [-0.2, 0) is 15.1 Å². The molecule has 2 heterocycles. The van der Waals surface area contributed by atoms with Crippen LogP contribution in [0.2, 0.25) is 0 Å². The first-order valence-corrected chi connectivity index (χ1v) is 4.72. The predicted octanol–water partition coefficient (Wildman–Crippen LogP) is 0.235. The second-order valence-electron chi connectivity index (χ2n) is 3.47. The number of carboxylic acid groups (broad SMARTS) is 1. The van der Waals surface area contributed by atoms with Crippen molar-refractivity contribution >= 4 is 11.9 Å². The molecule has 84 valence electrons. The molecule has 0 aromatic carbocycles. The molecular formula is C10H9NO5. The molecule has 2 rings (SSSR count). The molecule has 0 amide bonds. The van der Waals surface area contributed by atoms with Gasteiger partial charge in [-0.05, 0) is 12.5 Å². The lowest BCUT2D eigenvalue weighted by Crippen LogP contribution is -2.35. The zero-order valence-electron chi connectivity index (χ0n) is 8.44.